The topological polar surface area (TPSA) is 123 Å². The van der Waals surface area contributed by atoms with Crippen LogP contribution in [-0.4, -0.2) is 35.0 Å². The van der Waals surface area contributed by atoms with E-state index in [1.165, 1.54) is 0 Å². The van der Waals surface area contributed by atoms with Crippen LogP contribution in [0.25, 0.3) is 11.1 Å². The normalized spacial score (nSPS) is 19.5. The van der Waals surface area contributed by atoms with Crippen molar-refractivity contribution in [2.45, 2.75) is 32.7 Å². The first kappa shape index (κ1) is 19.2. The summed E-state index contributed by atoms with van der Waals surface area (Å²) >= 11 is 0. The van der Waals surface area contributed by atoms with E-state index < -0.39 is 0 Å². The van der Waals surface area contributed by atoms with Gasteiger partial charge in [0, 0.05) is 31.5 Å². The molecule has 3 aromatic rings. The van der Waals surface area contributed by atoms with Gasteiger partial charge < -0.3 is 26.1 Å². The molecule has 152 valence electrons. The number of hydrogen-bond acceptors (Lipinski definition) is 7. The average molecular weight is 394 g/mol. The summed E-state index contributed by atoms with van der Waals surface area (Å²) < 4.78 is 5.59. The van der Waals surface area contributed by atoms with Gasteiger partial charge >= 0.3 is 0 Å². The van der Waals surface area contributed by atoms with Gasteiger partial charge in [0.05, 0.1) is 17.6 Å². The van der Waals surface area contributed by atoms with Crippen LogP contribution < -0.4 is 21.7 Å². The van der Waals surface area contributed by atoms with Gasteiger partial charge in [-0.05, 0) is 36.5 Å². The lowest BCUT2D eigenvalue weighted by atomic mass is 9.96. The second-order valence-corrected chi connectivity index (χ2v) is 7.74. The van der Waals surface area contributed by atoms with Crippen molar-refractivity contribution in [2.75, 3.05) is 29.0 Å². The lowest BCUT2D eigenvalue weighted by Gasteiger charge is -2.37. The lowest BCUT2D eigenvalue weighted by molar-refractivity contribution is 0.102. The molecule has 8 heteroatoms. The molecule has 0 radical (unpaired) electrons. The molecule has 1 amide bonds. The summed E-state index contributed by atoms with van der Waals surface area (Å²) in [5, 5.41) is 2.94. The van der Waals surface area contributed by atoms with E-state index in [9.17, 15) is 4.79 Å². The first-order valence-electron chi connectivity index (χ1n) is 9.89. The minimum absolute atomic E-state index is 0.0531. The number of rotatable bonds is 4. The third-order valence-corrected chi connectivity index (χ3v) is 5.33. The number of pyridine rings is 2. The van der Waals surface area contributed by atoms with E-state index in [4.69, 9.17) is 15.9 Å². The van der Waals surface area contributed by atoms with E-state index >= 15 is 0 Å². The summed E-state index contributed by atoms with van der Waals surface area (Å²) in [6.07, 6.45) is 6.90. The third-order valence-electron chi connectivity index (χ3n) is 5.33. The van der Waals surface area contributed by atoms with Crippen molar-refractivity contribution in [1.29, 1.82) is 0 Å². The Morgan fingerprint density at radius 1 is 1.38 bits per heavy atom. The van der Waals surface area contributed by atoms with Crippen molar-refractivity contribution in [3.05, 3.63) is 41.9 Å². The fourth-order valence-electron chi connectivity index (χ4n) is 3.99. The number of nitrogens with one attached hydrogen (secondary N) is 1. The van der Waals surface area contributed by atoms with Gasteiger partial charge in [-0.3, -0.25) is 14.8 Å². The van der Waals surface area contributed by atoms with Gasteiger partial charge in [-0.25, -0.2) is 0 Å². The third kappa shape index (κ3) is 3.75. The van der Waals surface area contributed by atoms with Crippen LogP contribution in [0, 0.1) is 5.92 Å². The van der Waals surface area contributed by atoms with E-state index in [0.717, 1.165) is 37.2 Å². The van der Waals surface area contributed by atoms with Crippen molar-refractivity contribution in [3.8, 4) is 0 Å². The number of anilines is 3. The maximum atomic E-state index is 13.1. The highest BCUT2D eigenvalue weighted by molar-refractivity contribution is 6.15. The monoisotopic (exact) mass is 394 g/mol. The van der Waals surface area contributed by atoms with Gasteiger partial charge in [0.2, 0.25) is 5.88 Å². The largest absolute Gasteiger partial charge is 0.438 e. The molecule has 1 fully saturated rings. The van der Waals surface area contributed by atoms with Crippen LogP contribution in [0.4, 0.5) is 17.3 Å². The number of carbonyl (C=O) groups excluding carboxylic acids is 1. The molecule has 4 heterocycles. The zero-order valence-electron chi connectivity index (χ0n) is 16.7. The van der Waals surface area contributed by atoms with E-state index in [-0.39, 0.29) is 23.4 Å². The smallest absolute Gasteiger partial charge is 0.263 e. The summed E-state index contributed by atoms with van der Waals surface area (Å²) in [4.78, 5) is 23.8. The molecule has 0 spiro atoms. The summed E-state index contributed by atoms with van der Waals surface area (Å²) in [7, 11) is 0. The number of fused-ring (bicyclic) bond motifs is 1. The molecule has 3 aromatic heterocycles. The maximum Gasteiger partial charge on any atom is 0.263 e. The molecule has 4 rings (SSSR count). The SMILES string of the molecule is CCc1cnc2c(C(=O)Nc3cnccc3N3C[C@H](C)C[C@H](N)C3)c(N)oc2c1. The van der Waals surface area contributed by atoms with Crippen molar-refractivity contribution in [3.63, 3.8) is 0 Å². The minimum Gasteiger partial charge on any atom is -0.438 e. The lowest BCUT2D eigenvalue weighted by Crippen LogP contribution is -2.46. The molecule has 1 aliphatic rings. The van der Waals surface area contributed by atoms with Crippen LogP contribution in [0.15, 0.2) is 35.1 Å². The first-order chi connectivity index (χ1) is 14.0. The number of aryl methyl sites for hydroxylation is 1. The molecule has 1 aliphatic heterocycles. The van der Waals surface area contributed by atoms with Gasteiger partial charge in [-0.2, -0.15) is 0 Å². The summed E-state index contributed by atoms with van der Waals surface area (Å²) in [5.41, 5.74) is 15.9. The molecular weight excluding hydrogens is 368 g/mol. The van der Waals surface area contributed by atoms with Gasteiger partial charge in [0.15, 0.2) is 5.58 Å². The van der Waals surface area contributed by atoms with Crippen LogP contribution in [-0.2, 0) is 6.42 Å². The van der Waals surface area contributed by atoms with Gasteiger partial charge in [-0.1, -0.05) is 13.8 Å². The van der Waals surface area contributed by atoms with Crippen molar-refractivity contribution in [2.24, 2.45) is 11.7 Å². The average Bonchev–Trinajstić information content (AvgIpc) is 3.02. The summed E-state index contributed by atoms with van der Waals surface area (Å²) in [5.74, 6) is 0.153. The number of nitrogen functional groups attached to an aromatic ring is 1. The molecule has 0 aromatic carbocycles. The van der Waals surface area contributed by atoms with Crippen molar-refractivity contribution >= 4 is 34.3 Å². The highest BCUT2D eigenvalue weighted by atomic mass is 16.3. The summed E-state index contributed by atoms with van der Waals surface area (Å²) in [6.45, 7) is 5.81. The highest BCUT2D eigenvalue weighted by Crippen LogP contribution is 2.31. The standard InChI is InChI=1S/C21H26N6O2/c1-3-13-7-17-19(25-8-13)18(20(23)29-17)21(28)26-15-9-24-5-4-16(15)27-10-12(2)6-14(22)11-27/h4-5,7-9,12,14H,3,6,10-11,22-23H2,1-2H3,(H,26,28)/t12-,14+/m1/s1. The van der Waals surface area contributed by atoms with E-state index in [2.05, 4.69) is 27.1 Å². The van der Waals surface area contributed by atoms with Crippen LogP contribution >= 0.6 is 0 Å². The Balaban J connectivity index is 1.65. The Kier molecular flexibility index (Phi) is 5.10. The molecule has 0 saturated carbocycles. The van der Waals surface area contributed by atoms with Crippen LogP contribution in [0.2, 0.25) is 0 Å². The Hall–Kier alpha value is -3.13. The number of carbonyl (C=O) groups is 1. The number of nitrogens with two attached hydrogens (primary N) is 2. The Bertz CT molecular complexity index is 1040. The molecule has 5 N–H and O–H groups in total. The van der Waals surface area contributed by atoms with E-state index in [0.29, 0.717) is 22.7 Å². The van der Waals surface area contributed by atoms with Crippen LogP contribution in [0.5, 0.6) is 0 Å². The number of amides is 1. The second kappa shape index (κ2) is 7.71. The molecule has 8 nitrogen and oxygen atoms in total. The minimum atomic E-state index is -0.374. The zero-order chi connectivity index (χ0) is 20.5. The van der Waals surface area contributed by atoms with Crippen molar-refractivity contribution in [1.82, 2.24) is 9.97 Å². The van der Waals surface area contributed by atoms with Crippen LogP contribution in [0.3, 0.4) is 0 Å². The zero-order valence-corrected chi connectivity index (χ0v) is 16.7. The molecular formula is C21H26N6O2. The van der Waals surface area contributed by atoms with Gasteiger partial charge in [0.1, 0.15) is 11.1 Å². The fourth-order valence-corrected chi connectivity index (χ4v) is 3.99. The van der Waals surface area contributed by atoms with Crippen molar-refractivity contribution < 1.29 is 9.21 Å². The number of piperidine rings is 1. The Morgan fingerprint density at radius 3 is 2.97 bits per heavy atom. The number of furan rings is 1. The predicted molar refractivity (Wildman–Crippen MR) is 114 cm³/mol. The molecule has 1 saturated heterocycles. The van der Waals surface area contributed by atoms with Gasteiger partial charge in [-0.15, -0.1) is 0 Å². The number of aromatic nitrogens is 2. The number of hydrogen-bond donors (Lipinski definition) is 3. The second-order valence-electron chi connectivity index (χ2n) is 7.74. The fraction of sp³-hybridized carbons (Fsp3) is 0.381. The highest BCUT2D eigenvalue weighted by Gasteiger charge is 2.26. The molecule has 0 aliphatic carbocycles. The van der Waals surface area contributed by atoms with Gasteiger partial charge in [0.25, 0.3) is 5.91 Å². The number of nitrogens with zero attached hydrogens (tertiary/aromatic N) is 3. The molecule has 0 unspecified atom stereocenters. The quantitative estimate of drug-likeness (QED) is 0.621. The summed E-state index contributed by atoms with van der Waals surface area (Å²) in [6, 6.07) is 3.85. The van der Waals surface area contributed by atoms with Crippen LogP contribution in [0.1, 0.15) is 36.2 Å². The molecule has 29 heavy (non-hydrogen) atoms. The first-order valence-corrected chi connectivity index (χ1v) is 9.89. The molecule has 0 bridgehead atoms. The van der Waals surface area contributed by atoms with E-state index in [1.54, 1.807) is 18.6 Å². The molecule has 2 atom stereocenters. The predicted octanol–water partition coefficient (Wildman–Crippen LogP) is 2.79. The van der Waals surface area contributed by atoms with E-state index in [1.807, 2.05) is 19.1 Å². The maximum absolute atomic E-state index is 13.1. The Morgan fingerprint density at radius 2 is 2.21 bits per heavy atom. The Labute approximate surface area is 169 Å².